The third kappa shape index (κ3) is 1.77. The second-order valence-electron chi connectivity index (χ2n) is 6.02. The minimum absolute atomic E-state index is 0.0966. The van der Waals surface area contributed by atoms with Crippen molar-refractivity contribution in [1.82, 2.24) is 25.8 Å². The van der Waals surface area contributed by atoms with Crippen LogP contribution >= 0.6 is 0 Å². The van der Waals surface area contributed by atoms with Crippen molar-refractivity contribution in [3.05, 3.63) is 5.21 Å². The maximum absolute atomic E-state index is 12.0. The largest absolute Gasteiger partial charge is 0.359 e. The molecule has 0 spiro atoms. The molecule has 0 N–H and O–H groups in total. The molecular formula is C13H13N7O4. The Morgan fingerprint density at radius 2 is 1.50 bits per heavy atom. The molecule has 11 heteroatoms. The zero-order valence-electron chi connectivity index (χ0n) is 12.6. The van der Waals surface area contributed by atoms with E-state index in [1.54, 1.807) is 0 Å². The molecule has 1 saturated carbocycles. The first-order valence-corrected chi connectivity index (χ1v) is 7.89. The van der Waals surface area contributed by atoms with Crippen LogP contribution in [0.25, 0.3) is 22.8 Å². The Balaban J connectivity index is 1.74. The summed E-state index contributed by atoms with van der Waals surface area (Å²) in [6.45, 7) is 0. The fourth-order valence-corrected chi connectivity index (χ4v) is 3.55. The van der Waals surface area contributed by atoms with E-state index in [2.05, 4.69) is 25.8 Å². The number of hydrogen-bond acceptors (Lipinski definition) is 10. The molecule has 0 aromatic carbocycles. The highest BCUT2D eigenvalue weighted by molar-refractivity contribution is 5.89. The topological polar surface area (TPSA) is 134 Å². The zero-order chi connectivity index (χ0) is 16.1. The van der Waals surface area contributed by atoms with Crippen molar-refractivity contribution in [3.8, 4) is 22.8 Å². The third-order valence-corrected chi connectivity index (χ3v) is 4.65. The van der Waals surface area contributed by atoms with E-state index in [1.165, 1.54) is 12.8 Å². The van der Waals surface area contributed by atoms with Gasteiger partial charge in [-0.3, -0.25) is 9.53 Å². The number of nitrogens with zero attached hydrogens (tertiary/aromatic N) is 7. The summed E-state index contributed by atoms with van der Waals surface area (Å²) in [4.78, 5) is 2.18. The van der Waals surface area contributed by atoms with Gasteiger partial charge in [0.2, 0.25) is 23.0 Å². The van der Waals surface area contributed by atoms with Crippen LogP contribution in [0.3, 0.4) is 0 Å². The summed E-state index contributed by atoms with van der Waals surface area (Å²) in [5, 5.41) is 31.7. The zero-order valence-corrected chi connectivity index (χ0v) is 12.6. The lowest BCUT2D eigenvalue weighted by Gasteiger charge is -2.27. The van der Waals surface area contributed by atoms with Crippen LogP contribution in [0, 0.1) is 5.21 Å². The monoisotopic (exact) mass is 331 g/mol. The predicted octanol–water partition coefficient (Wildman–Crippen LogP) is 1.58. The van der Waals surface area contributed by atoms with Gasteiger partial charge in [-0.1, -0.05) is 25.7 Å². The summed E-state index contributed by atoms with van der Waals surface area (Å²) in [5.41, 5.74) is 0.923. The summed E-state index contributed by atoms with van der Waals surface area (Å²) in [7, 11) is 0. The Kier molecular flexibility index (Phi) is 2.81. The molecule has 0 saturated heterocycles. The lowest BCUT2D eigenvalue weighted by Crippen LogP contribution is -2.32. The van der Waals surface area contributed by atoms with Gasteiger partial charge in [0.25, 0.3) is 11.4 Å². The van der Waals surface area contributed by atoms with Crippen molar-refractivity contribution in [2.75, 3.05) is 4.90 Å². The molecule has 0 bridgehead atoms. The first kappa shape index (κ1) is 13.5. The molecule has 124 valence electrons. The average molecular weight is 331 g/mol. The fourth-order valence-electron chi connectivity index (χ4n) is 3.55. The smallest absolute Gasteiger partial charge is 0.284 e. The minimum Gasteiger partial charge on any atom is -0.359 e. The van der Waals surface area contributed by atoms with Gasteiger partial charge >= 0.3 is 0 Å². The Morgan fingerprint density at radius 1 is 0.833 bits per heavy atom. The van der Waals surface area contributed by atoms with Gasteiger partial charge in [0.15, 0.2) is 0 Å². The molecule has 1 aliphatic carbocycles. The summed E-state index contributed by atoms with van der Waals surface area (Å²) >= 11 is 0. The first-order chi connectivity index (χ1) is 11.8. The molecule has 0 radical (unpaired) electrons. The number of aromatic nitrogens is 6. The Bertz CT molecular complexity index is 877. The Labute approximate surface area is 134 Å². The van der Waals surface area contributed by atoms with Gasteiger partial charge in [-0.25, -0.2) is 9.26 Å². The van der Waals surface area contributed by atoms with E-state index in [0.29, 0.717) is 17.3 Å². The molecule has 4 heterocycles. The normalized spacial score (nSPS) is 17.8. The molecular weight excluding hydrogens is 318 g/mol. The van der Waals surface area contributed by atoms with Crippen LogP contribution in [0.4, 0.5) is 11.6 Å². The van der Waals surface area contributed by atoms with E-state index in [-0.39, 0.29) is 28.0 Å². The number of fused-ring (bicyclic) bond motifs is 5. The Hall–Kier alpha value is -2.98. The molecule has 0 unspecified atom stereocenters. The SMILES string of the molecule is [O-][n+]1onc2c1-c1nonc1N(C1CCCCCC1)c1nonc1-2. The van der Waals surface area contributed by atoms with Gasteiger partial charge in [0.1, 0.15) is 0 Å². The summed E-state index contributed by atoms with van der Waals surface area (Å²) in [5.74, 6) is 0.858. The van der Waals surface area contributed by atoms with E-state index in [1.807, 2.05) is 4.90 Å². The van der Waals surface area contributed by atoms with Crippen molar-refractivity contribution in [1.29, 1.82) is 0 Å². The molecule has 0 atom stereocenters. The van der Waals surface area contributed by atoms with Crippen LogP contribution in [0.1, 0.15) is 38.5 Å². The molecule has 3 aromatic heterocycles. The number of rotatable bonds is 1. The quantitative estimate of drug-likeness (QED) is 0.477. The average Bonchev–Trinajstić information content (AvgIpc) is 3.24. The van der Waals surface area contributed by atoms with E-state index in [0.717, 1.165) is 25.7 Å². The van der Waals surface area contributed by atoms with E-state index < -0.39 is 0 Å². The van der Waals surface area contributed by atoms with E-state index >= 15 is 0 Å². The van der Waals surface area contributed by atoms with Gasteiger partial charge in [-0.15, -0.1) is 0 Å². The molecule has 0 amide bonds. The highest BCUT2D eigenvalue weighted by atomic mass is 16.8. The van der Waals surface area contributed by atoms with Crippen molar-refractivity contribution in [2.45, 2.75) is 44.6 Å². The van der Waals surface area contributed by atoms with E-state index in [9.17, 15) is 5.21 Å². The Morgan fingerprint density at radius 3 is 2.25 bits per heavy atom. The van der Waals surface area contributed by atoms with Crippen molar-refractivity contribution < 1.29 is 18.8 Å². The van der Waals surface area contributed by atoms with Gasteiger partial charge < -0.3 is 5.21 Å². The van der Waals surface area contributed by atoms with Crippen LogP contribution < -0.4 is 9.80 Å². The van der Waals surface area contributed by atoms with Crippen LogP contribution in [-0.4, -0.2) is 31.8 Å². The minimum atomic E-state index is 0.0966. The fraction of sp³-hybridized carbons (Fsp3) is 0.538. The summed E-state index contributed by atoms with van der Waals surface area (Å²) in [6.07, 6.45) is 6.55. The van der Waals surface area contributed by atoms with Crippen molar-refractivity contribution >= 4 is 11.6 Å². The van der Waals surface area contributed by atoms with Crippen LogP contribution in [-0.2, 0) is 0 Å². The van der Waals surface area contributed by atoms with E-state index in [4.69, 9.17) is 13.9 Å². The maximum Gasteiger partial charge on any atom is 0.284 e. The predicted molar refractivity (Wildman–Crippen MR) is 75.7 cm³/mol. The second-order valence-corrected chi connectivity index (χ2v) is 6.02. The third-order valence-electron chi connectivity index (χ3n) is 4.65. The molecule has 24 heavy (non-hydrogen) atoms. The highest BCUT2D eigenvalue weighted by Gasteiger charge is 2.43. The lowest BCUT2D eigenvalue weighted by atomic mass is 10.1. The second kappa shape index (κ2) is 5.01. The van der Waals surface area contributed by atoms with Crippen molar-refractivity contribution in [3.63, 3.8) is 0 Å². The standard InChI is InChI=1S/C13H13N7O4/c21-20-11-8(16-24-20)9-12(17-22-14-9)19(13-10(11)15-23-18-13)7-5-3-1-2-4-6-7/h7H,1-6H2. The first-order valence-electron chi connectivity index (χ1n) is 7.89. The summed E-state index contributed by atoms with van der Waals surface area (Å²) in [6, 6.07) is 0.143. The van der Waals surface area contributed by atoms with Gasteiger partial charge in [-0.2, -0.15) is 0 Å². The molecule has 3 aromatic rings. The van der Waals surface area contributed by atoms with Gasteiger partial charge in [0, 0.05) is 11.2 Å². The lowest BCUT2D eigenvalue weighted by molar-refractivity contribution is -0.793. The van der Waals surface area contributed by atoms with Crippen LogP contribution in [0.2, 0.25) is 0 Å². The van der Waals surface area contributed by atoms with Crippen LogP contribution in [0.15, 0.2) is 13.9 Å². The van der Waals surface area contributed by atoms with Crippen LogP contribution in [0.5, 0.6) is 0 Å². The molecule has 5 rings (SSSR count). The summed E-state index contributed by atoms with van der Waals surface area (Å²) < 4.78 is 14.5. The van der Waals surface area contributed by atoms with Gasteiger partial charge in [0.05, 0.1) is 0 Å². The number of anilines is 2. The molecule has 11 nitrogen and oxygen atoms in total. The highest BCUT2D eigenvalue weighted by Crippen LogP contribution is 2.44. The molecule has 1 fully saturated rings. The van der Waals surface area contributed by atoms with Gasteiger partial charge in [-0.05, 0) is 38.4 Å². The molecule has 2 aliphatic rings. The maximum atomic E-state index is 12.0. The number of hydrogen-bond donors (Lipinski definition) is 0. The molecule has 1 aliphatic heterocycles. The van der Waals surface area contributed by atoms with Crippen molar-refractivity contribution in [2.24, 2.45) is 0 Å².